The van der Waals surface area contributed by atoms with Crippen LogP contribution in [-0.2, 0) is 11.2 Å². The van der Waals surface area contributed by atoms with Crippen LogP contribution in [0.5, 0.6) is 0 Å². The fraction of sp³-hybridized carbons (Fsp3) is 0.214. The highest BCUT2D eigenvalue weighted by atomic mass is 16.5. The Morgan fingerprint density at radius 3 is 2.67 bits per heavy atom. The van der Waals surface area contributed by atoms with Gasteiger partial charge in [0.25, 0.3) is 0 Å². The third-order valence-electron chi connectivity index (χ3n) is 2.88. The molecule has 0 bridgehead atoms. The summed E-state index contributed by atoms with van der Waals surface area (Å²) in [7, 11) is 0. The number of nitrogens with one attached hydrogen (secondary N) is 1. The summed E-state index contributed by atoms with van der Waals surface area (Å²) in [6.45, 7) is 0. The second-order valence-corrected chi connectivity index (χ2v) is 4.38. The summed E-state index contributed by atoms with van der Waals surface area (Å²) in [6.07, 6.45) is 0.724. The van der Waals surface area contributed by atoms with E-state index in [-0.39, 0.29) is 12.5 Å². The Morgan fingerprint density at radius 1 is 1.22 bits per heavy atom. The van der Waals surface area contributed by atoms with Crippen molar-refractivity contribution in [1.29, 1.82) is 0 Å². The van der Waals surface area contributed by atoms with Crippen LogP contribution in [0.2, 0.25) is 0 Å². The Morgan fingerprint density at radius 2 is 1.94 bits per heavy atom. The minimum absolute atomic E-state index is 0.114. The Balaban J connectivity index is 2.09. The van der Waals surface area contributed by atoms with Crippen LogP contribution in [0.4, 0.5) is 0 Å². The number of fused-ring (bicyclic) bond motifs is 1. The molecule has 0 aliphatic rings. The molecule has 94 valence electrons. The predicted molar refractivity (Wildman–Crippen MR) is 70.2 cm³/mol. The maximum absolute atomic E-state index is 11.0. The first-order valence-electron chi connectivity index (χ1n) is 5.85. The summed E-state index contributed by atoms with van der Waals surface area (Å²) in [5, 5.41) is 10.8. The maximum Gasteiger partial charge on any atom is 0.244 e. The molecule has 0 heterocycles. The van der Waals surface area contributed by atoms with Crippen LogP contribution in [0.25, 0.3) is 10.8 Å². The molecule has 4 heteroatoms. The van der Waals surface area contributed by atoms with Gasteiger partial charge >= 0.3 is 0 Å². The first-order chi connectivity index (χ1) is 8.69. The molecule has 0 fully saturated rings. The lowest BCUT2D eigenvalue weighted by Crippen LogP contribution is -2.31. The van der Waals surface area contributed by atoms with E-state index in [1.807, 2.05) is 30.3 Å². The van der Waals surface area contributed by atoms with E-state index in [0.717, 1.165) is 10.9 Å². The van der Waals surface area contributed by atoms with Gasteiger partial charge in [0.2, 0.25) is 5.91 Å². The maximum atomic E-state index is 11.0. The number of rotatable bonds is 4. The highest BCUT2D eigenvalue weighted by Crippen LogP contribution is 2.16. The normalized spacial score (nSPS) is 12.3. The third kappa shape index (κ3) is 3.06. The second kappa shape index (κ2) is 5.62. The van der Waals surface area contributed by atoms with Crippen molar-refractivity contribution in [3.05, 3.63) is 48.0 Å². The van der Waals surface area contributed by atoms with Crippen LogP contribution >= 0.6 is 0 Å². The smallest absolute Gasteiger partial charge is 0.244 e. The van der Waals surface area contributed by atoms with Crippen molar-refractivity contribution in [3.8, 4) is 0 Å². The molecule has 1 atom stereocenters. The third-order valence-corrected chi connectivity index (χ3v) is 2.88. The van der Waals surface area contributed by atoms with Gasteiger partial charge in [-0.3, -0.25) is 10.0 Å². The number of carbonyl (C=O) groups is 1. The molecule has 0 saturated heterocycles. The van der Waals surface area contributed by atoms with Crippen molar-refractivity contribution >= 4 is 16.7 Å². The summed E-state index contributed by atoms with van der Waals surface area (Å²) >= 11 is 0. The number of benzene rings is 2. The summed E-state index contributed by atoms with van der Waals surface area (Å²) < 4.78 is 0. The minimum atomic E-state index is -0.455. The van der Waals surface area contributed by atoms with E-state index in [0.29, 0.717) is 6.42 Å². The largest absolute Gasteiger partial charge is 0.327 e. The number of hydrogen-bond acceptors (Lipinski definition) is 3. The first-order valence-corrected chi connectivity index (χ1v) is 5.85. The van der Waals surface area contributed by atoms with Gasteiger partial charge in [0.1, 0.15) is 0 Å². The molecule has 4 nitrogen and oxygen atoms in total. The van der Waals surface area contributed by atoms with Crippen molar-refractivity contribution in [2.24, 2.45) is 5.73 Å². The van der Waals surface area contributed by atoms with Crippen molar-refractivity contribution in [1.82, 2.24) is 5.48 Å². The van der Waals surface area contributed by atoms with Crippen LogP contribution < -0.4 is 11.2 Å². The fourth-order valence-electron chi connectivity index (χ4n) is 2.02. The summed E-state index contributed by atoms with van der Waals surface area (Å²) in [4.78, 5) is 11.0. The molecule has 0 radical (unpaired) electrons. The van der Waals surface area contributed by atoms with E-state index >= 15 is 0 Å². The molecule has 4 N–H and O–H groups in total. The molecule has 2 rings (SSSR count). The molecule has 1 amide bonds. The van der Waals surface area contributed by atoms with Gasteiger partial charge in [-0.2, -0.15) is 0 Å². The standard InChI is InChI=1S/C14H16N2O2/c15-13(9-14(17)16-18)8-10-5-6-11-3-1-2-4-12(11)7-10/h1-7,13,18H,8-9,15H2,(H,16,17)/t13-/m1/s1. The first kappa shape index (κ1) is 12.5. The predicted octanol–water partition coefficient (Wildman–Crippen LogP) is 1.61. The van der Waals surface area contributed by atoms with Gasteiger partial charge < -0.3 is 5.73 Å². The zero-order chi connectivity index (χ0) is 13.0. The van der Waals surface area contributed by atoms with Gasteiger partial charge in [0.15, 0.2) is 0 Å². The molecule has 2 aromatic carbocycles. The van der Waals surface area contributed by atoms with Gasteiger partial charge in [-0.05, 0) is 22.8 Å². The van der Waals surface area contributed by atoms with Crippen molar-refractivity contribution < 1.29 is 10.0 Å². The lowest BCUT2D eigenvalue weighted by Gasteiger charge is -2.10. The van der Waals surface area contributed by atoms with E-state index in [9.17, 15) is 4.79 Å². The number of nitrogens with two attached hydrogens (primary N) is 1. The van der Waals surface area contributed by atoms with Gasteiger partial charge in [-0.1, -0.05) is 42.5 Å². The highest BCUT2D eigenvalue weighted by molar-refractivity contribution is 5.83. The molecule has 0 aliphatic carbocycles. The molecule has 2 aromatic rings. The van der Waals surface area contributed by atoms with E-state index in [1.54, 1.807) is 5.48 Å². The van der Waals surface area contributed by atoms with Crippen LogP contribution in [0, 0.1) is 0 Å². The Hall–Kier alpha value is -1.91. The van der Waals surface area contributed by atoms with Crippen LogP contribution in [0.15, 0.2) is 42.5 Å². The average molecular weight is 244 g/mol. The summed E-state index contributed by atoms with van der Waals surface area (Å²) in [5.74, 6) is -0.455. The van der Waals surface area contributed by atoms with Crippen molar-refractivity contribution in [2.45, 2.75) is 18.9 Å². The Labute approximate surface area is 105 Å². The number of carbonyl (C=O) groups excluding carboxylic acids is 1. The van der Waals surface area contributed by atoms with Crippen molar-refractivity contribution in [3.63, 3.8) is 0 Å². The number of hydrogen-bond donors (Lipinski definition) is 3. The number of amides is 1. The van der Waals surface area contributed by atoms with E-state index < -0.39 is 5.91 Å². The zero-order valence-corrected chi connectivity index (χ0v) is 9.97. The Bertz CT molecular complexity index is 554. The van der Waals surface area contributed by atoms with Gasteiger partial charge in [0.05, 0.1) is 0 Å². The molecule has 0 saturated carbocycles. The quantitative estimate of drug-likeness (QED) is 0.565. The van der Waals surface area contributed by atoms with Gasteiger partial charge in [-0.15, -0.1) is 0 Å². The van der Waals surface area contributed by atoms with Crippen LogP contribution in [0.3, 0.4) is 0 Å². The highest BCUT2D eigenvalue weighted by Gasteiger charge is 2.09. The molecular weight excluding hydrogens is 228 g/mol. The monoisotopic (exact) mass is 244 g/mol. The lowest BCUT2D eigenvalue weighted by molar-refractivity contribution is -0.129. The van der Waals surface area contributed by atoms with Crippen molar-refractivity contribution in [2.75, 3.05) is 0 Å². The number of hydroxylamine groups is 1. The zero-order valence-electron chi connectivity index (χ0n) is 9.97. The molecule has 0 aromatic heterocycles. The average Bonchev–Trinajstić information content (AvgIpc) is 2.38. The summed E-state index contributed by atoms with van der Waals surface area (Å²) in [6, 6.07) is 13.9. The van der Waals surface area contributed by atoms with Crippen LogP contribution in [0.1, 0.15) is 12.0 Å². The van der Waals surface area contributed by atoms with E-state index in [4.69, 9.17) is 10.9 Å². The van der Waals surface area contributed by atoms with Gasteiger partial charge in [-0.25, -0.2) is 5.48 Å². The van der Waals surface area contributed by atoms with Gasteiger partial charge in [0, 0.05) is 12.5 Å². The topological polar surface area (TPSA) is 75.4 Å². The van der Waals surface area contributed by atoms with E-state index in [1.165, 1.54) is 5.39 Å². The molecule has 0 aliphatic heterocycles. The van der Waals surface area contributed by atoms with Crippen LogP contribution in [-0.4, -0.2) is 17.2 Å². The lowest BCUT2D eigenvalue weighted by atomic mass is 10.0. The molecule has 0 spiro atoms. The van der Waals surface area contributed by atoms with E-state index in [2.05, 4.69) is 12.1 Å². The fourth-order valence-corrected chi connectivity index (χ4v) is 2.02. The SMILES string of the molecule is N[C@@H](CC(=O)NO)Cc1ccc2ccccc2c1. The molecular formula is C14H16N2O2. The molecule has 0 unspecified atom stereocenters. The molecule has 18 heavy (non-hydrogen) atoms. The second-order valence-electron chi connectivity index (χ2n) is 4.38. The minimum Gasteiger partial charge on any atom is -0.327 e. The summed E-state index contributed by atoms with van der Waals surface area (Å²) in [5.41, 5.74) is 8.54. The Kier molecular flexibility index (Phi) is 3.92.